The van der Waals surface area contributed by atoms with E-state index in [1.807, 2.05) is 18.3 Å². The molecule has 0 unspecified atom stereocenters. The molecular weight excluding hydrogens is 590 g/mol. The third-order valence-corrected chi connectivity index (χ3v) is 8.81. The SMILES string of the molecule is CCOC(=O)CS(=O)(=O)N(CC=Cc1cccc(C(=N)N)c1)c1ccc(OC2CCN(Cc3cccnc3)CC2)c(Cl)c1. The Labute approximate surface area is 257 Å². The second-order valence-electron chi connectivity index (χ2n) is 10.1. The van der Waals surface area contributed by atoms with Crippen molar-refractivity contribution in [3.8, 4) is 5.75 Å². The number of nitrogens with two attached hydrogens (primary N) is 1. The lowest BCUT2D eigenvalue weighted by Crippen LogP contribution is -2.38. The van der Waals surface area contributed by atoms with Gasteiger partial charge in [0.2, 0.25) is 10.0 Å². The van der Waals surface area contributed by atoms with E-state index < -0.39 is 21.7 Å². The van der Waals surface area contributed by atoms with E-state index in [9.17, 15) is 13.2 Å². The molecule has 228 valence electrons. The fourth-order valence-electron chi connectivity index (χ4n) is 4.76. The highest BCUT2D eigenvalue weighted by molar-refractivity contribution is 7.93. The number of ether oxygens (including phenoxy) is 2. The fraction of sp³-hybridized carbons (Fsp3) is 0.323. The first kappa shape index (κ1) is 32.0. The van der Waals surface area contributed by atoms with Crippen molar-refractivity contribution in [2.45, 2.75) is 32.4 Å². The van der Waals surface area contributed by atoms with Gasteiger partial charge in [-0.05, 0) is 61.2 Å². The van der Waals surface area contributed by atoms with Crippen LogP contribution >= 0.6 is 11.6 Å². The molecule has 2 heterocycles. The predicted octanol–water partition coefficient (Wildman–Crippen LogP) is 4.48. The number of benzene rings is 2. The number of carbonyl (C=O) groups excluding carboxylic acids is 1. The molecule has 0 amide bonds. The molecule has 0 radical (unpaired) electrons. The summed E-state index contributed by atoms with van der Waals surface area (Å²) in [4.78, 5) is 18.7. The van der Waals surface area contributed by atoms with E-state index >= 15 is 0 Å². The number of aromatic nitrogens is 1. The maximum Gasteiger partial charge on any atom is 0.323 e. The largest absolute Gasteiger partial charge is 0.489 e. The van der Waals surface area contributed by atoms with Crippen LogP contribution in [0, 0.1) is 5.41 Å². The van der Waals surface area contributed by atoms with Gasteiger partial charge in [0.05, 0.1) is 23.9 Å². The van der Waals surface area contributed by atoms with E-state index in [1.165, 1.54) is 11.6 Å². The van der Waals surface area contributed by atoms with Gasteiger partial charge in [0, 0.05) is 37.6 Å². The maximum atomic E-state index is 13.3. The molecule has 0 bridgehead atoms. The number of hydrogen-bond donors (Lipinski definition) is 2. The standard InChI is InChI=1S/C31H36ClN5O5S/c1-2-41-30(38)22-43(39,40)37(15-5-8-23-6-3-9-25(18-23)31(33)34)26-10-11-29(28(32)19-26)42-27-12-16-36(17-13-27)21-24-7-4-14-35-20-24/h3-11,14,18-20,27H,2,12-13,15-17,21-22H2,1H3,(H3,33,34). The molecule has 43 heavy (non-hydrogen) atoms. The number of sulfonamides is 1. The highest BCUT2D eigenvalue weighted by Crippen LogP contribution is 2.33. The molecule has 1 aliphatic heterocycles. The molecule has 4 rings (SSSR count). The summed E-state index contributed by atoms with van der Waals surface area (Å²) in [6, 6.07) is 15.8. The maximum absolute atomic E-state index is 13.3. The average molecular weight is 626 g/mol. The zero-order valence-electron chi connectivity index (χ0n) is 24.0. The summed E-state index contributed by atoms with van der Waals surface area (Å²) in [6.45, 7) is 4.19. The lowest BCUT2D eigenvalue weighted by atomic mass is 10.1. The Morgan fingerprint density at radius 3 is 2.65 bits per heavy atom. The first-order valence-corrected chi connectivity index (χ1v) is 16.0. The molecule has 3 N–H and O–H groups in total. The van der Waals surface area contributed by atoms with Gasteiger partial charge in [0.25, 0.3) is 0 Å². The van der Waals surface area contributed by atoms with Gasteiger partial charge in [0.1, 0.15) is 17.7 Å². The number of amidine groups is 1. The molecule has 1 aromatic heterocycles. The van der Waals surface area contributed by atoms with Gasteiger partial charge in [-0.25, -0.2) is 8.42 Å². The summed E-state index contributed by atoms with van der Waals surface area (Å²) in [6.07, 6.45) is 8.65. The van der Waals surface area contributed by atoms with E-state index in [0.717, 1.165) is 42.3 Å². The number of esters is 1. The topological polar surface area (TPSA) is 139 Å². The zero-order chi connectivity index (χ0) is 30.8. The summed E-state index contributed by atoms with van der Waals surface area (Å²) in [5.41, 5.74) is 8.33. The van der Waals surface area contributed by atoms with Crippen molar-refractivity contribution in [3.05, 3.63) is 94.8 Å². The molecule has 10 nitrogen and oxygen atoms in total. The van der Waals surface area contributed by atoms with Crippen LogP contribution in [-0.2, 0) is 26.1 Å². The lowest BCUT2D eigenvalue weighted by molar-refractivity contribution is -0.139. The number of nitrogens with zero attached hydrogens (tertiary/aromatic N) is 3. The van der Waals surface area contributed by atoms with Crippen LogP contribution in [0.3, 0.4) is 0 Å². The van der Waals surface area contributed by atoms with Gasteiger partial charge in [-0.2, -0.15) is 0 Å². The molecule has 3 aromatic rings. The van der Waals surface area contributed by atoms with Crippen molar-refractivity contribution in [1.82, 2.24) is 9.88 Å². The van der Waals surface area contributed by atoms with Crippen molar-refractivity contribution < 1.29 is 22.7 Å². The number of nitrogen functional groups attached to an aromatic ring is 1. The summed E-state index contributed by atoms with van der Waals surface area (Å²) < 4.78 is 38.9. The lowest BCUT2D eigenvalue weighted by Gasteiger charge is -2.32. The molecule has 1 saturated heterocycles. The van der Waals surface area contributed by atoms with Crippen LogP contribution in [0.15, 0.2) is 73.1 Å². The summed E-state index contributed by atoms with van der Waals surface area (Å²) in [5, 5.41) is 7.90. The highest BCUT2D eigenvalue weighted by atomic mass is 35.5. The Morgan fingerprint density at radius 2 is 1.98 bits per heavy atom. The third-order valence-electron chi connectivity index (χ3n) is 6.88. The monoisotopic (exact) mass is 625 g/mol. The van der Waals surface area contributed by atoms with E-state index in [-0.39, 0.29) is 35.8 Å². The quantitative estimate of drug-likeness (QED) is 0.161. The van der Waals surface area contributed by atoms with E-state index in [0.29, 0.717) is 11.3 Å². The molecular formula is C31H36ClN5O5S. The van der Waals surface area contributed by atoms with Crippen LogP contribution in [0.5, 0.6) is 5.75 Å². The van der Waals surface area contributed by atoms with Crippen molar-refractivity contribution in [3.63, 3.8) is 0 Å². The van der Waals surface area contributed by atoms with Crippen LogP contribution in [0.4, 0.5) is 5.69 Å². The number of nitrogens with one attached hydrogen (secondary N) is 1. The van der Waals surface area contributed by atoms with Gasteiger partial charge < -0.3 is 15.2 Å². The van der Waals surface area contributed by atoms with Gasteiger partial charge in [0.15, 0.2) is 5.75 Å². The Balaban J connectivity index is 1.46. The van der Waals surface area contributed by atoms with E-state index in [4.69, 9.17) is 32.2 Å². The van der Waals surface area contributed by atoms with Crippen LogP contribution in [0.25, 0.3) is 6.08 Å². The smallest absolute Gasteiger partial charge is 0.323 e. The molecule has 0 aliphatic carbocycles. The van der Waals surface area contributed by atoms with Gasteiger partial charge in [-0.15, -0.1) is 0 Å². The van der Waals surface area contributed by atoms with Crippen molar-refractivity contribution >= 4 is 45.2 Å². The Kier molecular flexibility index (Phi) is 11.2. The first-order chi connectivity index (χ1) is 20.6. The number of likely N-dealkylation sites (tertiary alicyclic amines) is 1. The molecule has 12 heteroatoms. The minimum atomic E-state index is -4.12. The van der Waals surface area contributed by atoms with Crippen LogP contribution in [0.2, 0.25) is 5.02 Å². The second-order valence-corrected chi connectivity index (χ2v) is 12.4. The molecule has 2 aromatic carbocycles. The minimum Gasteiger partial charge on any atom is -0.489 e. The van der Waals surface area contributed by atoms with Gasteiger partial charge in [-0.3, -0.25) is 24.4 Å². The number of hydrogen-bond acceptors (Lipinski definition) is 8. The first-order valence-electron chi connectivity index (χ1n) is 14.0. The summed E-state index contributed by atoms with van der Waals surface area (Å²) in [5.74, 6) is -1.26. The summed E-state index contributed by atoms with van der Waals surface area (Å²) in [7, 11) is -4.12. The number of halogens is 1. The second kappa shape index (κ2) is 15.0. The third kappa shape index (κ3) is 9.28. The van der Waals surface area contributed by atoms with Gasteiger partial charge in [-0.1, -0.05) is 48.0 Å². The molecule has 0 saturated carbocycles. The molecule has 1 aliphatic rings. The minimum absolute atomic E-state index is 0.0224. The van der Waals surface area contributed by atoms with Crippen molar-refractivity contribution in [2.24, 2.45) is 5.73 Å². The number of piperidine rings is 1. The van der Waals surface area contributed by atoms with Gasteiger partial charge >= 0.3 is 5.97 Å². The Morgan fingerprint density at radius 1 is 1.19 bits per heavy atom. The van der Waals surface area contributed by atoms with Crippen LogP contribution < -0.4 is 14.8 Å². The molecule has 0 spiro atoms. The Bertz CT molecular complexity index is 1540. The average Bonchev–Trinajstić information content (AvgIpc) is 2.98. The normalized spacial score (nSPS) is 14.5. The van der Waals surface area contributed by atoms with Crippen LogP contribution in [-0.4, -0.2) is 68.2 Å². The fourth-order valence-corrected chi connectivity index (χ4v) is 6.26. The van der Waals surface area contributed by atoms with Crippen molar-refractivity contribution in [1.29, 1.82) is 5.41 Å². The number of anilines is 1. The van der Waals surface area contributed by atoms with Crippen molar-refractivity contribution in [2.75, 3.05) is 36.3 Å². The highest BCUT2D eigenvalue weighted by Gasteiger charge is 2.27. The van der Waals surface area contributed by atoms with Crippen LogP contribution in [0.1, 0.15) is 36.5 Å². The number of pyridine rings is 1. The molecule has 0 atom stereocenters. The Hall–Kier alpha value is -3.93. The number of rotatable bonds is 13. The molecule has 1 fully saturated rings. The number of carbonyl (C=O) groups is 1. The summed E-state index contributed by atoms with van der Waals surface area (Å²) >= 11 is 6.61. The zero-order valence-corrected chi connectivity index (χ0v) is 25.6. The van der Waals surface area contributed by atoms with E-state index in [2.05, 4.69) is 16.0 Å². The predicted molar refractivity (Wildman–Crippen MR) is 169 cm³/mol. The van der Waals surface area contributed by atoms with E-state index in [1.54, 1.807) is 55.6 Å².